The van der Waals surface area contributed by atoms with Crippen LogP contribution in [0.3, 0.4) is 0 Å². The molecule has 1 aliphatic heterocycles. The van der Waals surface area contributed by atoms with E-state index in [2.05, 4.69) is 0 Å². The molecule has 1 aromatic heterocycles. The largest absolute Gasteiger partial charge is 0.396 e. The summed E-state index contributed by atoms with van der Waals surface area (Å²) in [5.74, 6) is 0.0613. The van der Waals surface area contributed by atoms with Crippen molar-refractivity contribution in [1.29, 1.82) is 0 Å². The van der Waals surface area contributed by atoms with Gasteiger partial charge in [-0.2, -0.15) is 11.3 Å². The second-order valence-corrected chi connectivity index (χ2v) is 7.39. The number of likely N-dealkylation sites (tertiary alicyclic amines) is 1. The molecule has 1 aliphatic rings. The van der Waals surface area contributed by atoms with Gasteiger partial charge in [0.15, 0.2) is 0 Å². The first kappa shape index (κ1) is 17.1. The third-order valence-electron chi connectivity index (χ3n) is 4.89. The highest BCUT2D eigenvalue weighted by Crippen LogP contribution is 2.34. The molecule has 128 valence electrons. The molecule has 2 N–H and O–H groups in total. The second kappa shape index (κ2) is 7.47. The third-order valence-corrected chi connectivity index (χ3v) is 5.62. The molecule has 0 bridgehead atoms. The molecule has 0 aliphatic carbocycles. The van der Waals surface area contributed by atoms with Crippen LogP contribution < -0.4 is 0 Å². The molecule has 1 saturated heterocycles. The fourth-order valence-electron chi connectivity index (χ4n) is 3.43. The van der Waals surface area contributed by atoms with Gasteiger partial charge < -0.3 is 15.1 Å². The summed E-state index contributed by atoms with van der Waals surface area (Å²) in [6.07, 6.45) is 0.844. The van der Waals surface area contributed by atoms with Gasteiger partial charge in [0.05, 0.1) is 19.1 Å². The van der Waals surface area contributed by atoms with Crippen molar-refractivity contribution in [2.45, 2.75) is 25.4 Å². The molecule has 4 nitrogen and oxygen atoms in total. The second-order valence-electron chi connectivity index (χ2n) is 6.61. The van der Waals surface area contributed by atoms with Crippen molar-refractivity contribution >= 4 is 17.2 Å². The normalized spacial score (nSPS) is 24.1. The number of piperidine rings is 1. The molecule has 0 radical (unpaired) electrons. The van der Waals surface area contributed by atoms with E-state index in [0.717, 1.165) is 11.1 Å². The van der Waals surface area contributed by atoms with Crippen LogP contribution in [0.1, 0.15) is 17.5 Å². The Balaban J connectivity index is 1.74. The Morgan fingerprint density at radius 2 is 2.04 bits per heavy atom. The van der Waals surface area contributed by atoms with E-state index >= 15 is 0 Å². The van der Waals surface area contributed by atoms with Crippen LogP contribution in [0.2, 0.25) is 0 Å². The van der Waals surface area contributed by atoms with E-state index < -0.39 is 11.5 Å². The van der Waals surface area contributed by atoms with E-state index in [1.807, 2.05) is 47.2 Å². The van der Waals surface area contributed by atoms with Crippen molar-refractivity contribution in [1.82, 2.24) is 4.90 Å². The van der Waals surface area contributed by atoms with Crippen LogP contribution in [-0.4, -0.2) is 46.8 Å². The number of benzene rings is 1. The zero-order valence-electron chi connectivity index (χ0n) is 13.6. The molecule has 0 spiro atoms. The van der Waals surface area contributed by atoms with Crippen LogP contribution in [-0.2, 0) is 17.6 Å². The van der Waals surface area contributed by atoms with Crippen LogP contribution in [0.4, 0.5) is 0 Å². The highest BCUT2D eigenvalue weighted by molar-refractivity contribution is 7.07. The maximum absolute atomic E-state index is 12.6. The number of aliphatic hydroxyl groups is 2. The molecule has 2 aromatic rings. The zero-order chi connectivity index (χ0) is 17.0. The quantitative estimate of drug-likeness (QED) is 0.872. The Labute approximate surface area is 146 Å². The molecule has 0 unspecified atom stereocenters. The van der Waals surface area contributed by atoms with Gasteiger partial charge in [0.2, 0.25) is 5.91 Å². The third kappa shape index (κ3) is 3.69. The number of thiophene rings is 1. The van der Waals surface area contributed by atoms with Crippen LogP contribution in [0.15, 0.2) is 47.2 Å². The van der Waals surface area contributed by atoms with Crippen LogP contribution in [0.5, 0.6) is 0 Å². The van der Waals surface area contributed by atoms with E-state index in [4.69, 9.17) is 0 Å². The van der Waals surface area contributed by atoms with E-state index in [1.165, 1.54) is 0 Å². The van der Waals surface area contributed by atoms with Crippen molar-refractivity contribution in [3.63, 3.8) is 0 Å². The molecule has 2 heterocycles. The highest BCUT2D eigenvalue weighted by Gasteiger charge is 2.43. The minimum absolute atomic E-state index is 0.0613. The summed E-state index contributed by atoms with van der Waals surface area (Å²) in [6, 6.07) is 11.8. The molecule has 5 heteroatoms. The van der Waals surface area contributed by atoms with Gasteiger partial charge in [-0.3, -0.25) is 4.79 Å². The molecule has 0 saturated carbocycles. The molecule has 3 rings (SSSR count). The predicted molar refractivity (Wildman–Crippen MR) is 94.9 cm³/mol. The standard InChI is InChI=1S/C19H23NO3S/c21-14-19(11-15-4-2-1-3-5-15)13-20(8-6-17(19)22)18(23)10-16-7-9-24-12-16/h1-5,7,9,12,17,21-22H,6,8,10-11,13-14H2/t17-,19+/m0/s1. The lowest BCUT2D eigenvalue weighted by molar-refractivity contribution is -0.141. The lowest BCUT2D eigenvalue weighted by Crippen LogP contribution is -2.56. The Bertz CT molecular complexity index is 659. The minimum Gasteiger partial charge on any atom is -0.396 e. The maximum atomic E-state index is 12.6. The molecule has 1 amide bonds. The summed E-state index contributed by atoms with van der Waals surface area (Å²) >= 11 is 1.58. The Morgan fingerprint density at radius 1 is 1.25 bits per heavy atom. The van der Waals surface area contributed by atoms with Gasteiger partial charge in [0.25, 0.3) is 0 Å². The summed E-state index contributed by atoms with van der Waals surface area (Å²) in [5, 5.41) is 24.5. The first-order valence-corrected chi connectivity index (χ1v) is 9.19. The number of carbonyl (C=O) groups excluding carboxylic acids is 1. The van der Waals surface area contributed by atoms with Crippen molar-refractivity contribution in [3.05, 3.63) is 58.3 Å². The summed E-state index contributed by atoms with van der Waals surface area (Å²) in [6.45, 7) is 0.800. The topological polar surface area (TPSA) is 60.8 Å². The van der Waals surface area contributed by atoms with E-state index in [1.54, 1.807) is 16.2 Å². The fraction of sp³-hybridized carbons (Fsp3) is 0.421. The SMILES string of the molecule is O=C(Cc1ccsc1)N1CC[C@H](O)[C@](CO)(Cc2ccccc2)C1. The number of carbonyl (C=O) groups is 1. The molecular formula is C19H23NO3S. The monoisotopic (exact) mass is 345 g/mol. The first-order chi connectivity index (χ1) is 11.6. The Morgan fingerprint density at radius 3 is 2.71 bits per heavy atom. The number of rotatable bonds is 5. The molecular weight excluding hydrogens is 322 g/mol. The van der Waals surface area contributed by atoms with Gasteiger partial charge in [-0.1, -0.05) is 30.3 Å². The number of hydrogen-bond donors (Lipinski definition) is 2. The number of aliphatic hydroxyl groups excluding tert-OH is 2. The van der Waals surface area contributed by atoms with E-state index in [-0.39, 0.29) is 12.5 Å². The van der Waals surface area contributed by atoms with Gasteiger partial charge in [0.1, 0.15) is 0 Å². The fourth-order valence-corrected chi connectivity index (χ4v) is 4.10. The first-order valence-electron chi connectivity index (χ1n) is 8.25. The summed E-state index contributed by atoms with van der Waals surface area (Å²) < 4.78 is 0. The Hall–Kier alpha value is -1.69. The number of nitrogens with zero attached hydrogens (tertiary/aromatic N) is 1. The smallest absolute Gasteiger partial charge is 0.227 e. The maximum Gasteiger partial charge on any atom is 0.227 e. The predicted octanol–water partition coefficient (Wildman–Crippen LogP) is 2.11. The van der Waals surface area contributed by atoms with E-state index in [0.29, 0.717) is 32.4 Å². The number of hydrogen-bond acceptors (Lipinski definition) is 4. The molecule has 24 heavy (non-hydrogen) atoms. The summed E-state index contributed by atoms with van der Waals surface area (Å²) in [4.78, 5) is 14.4. The van der Waals surface area contributed by atoms with Crippen LogP contribution >= 0.6 is 11.3 Å². The highest BCUT2D eigenvalue weighted by atomic mass is 32.1. The summed E-state index contributed by atoms with van der Waals surface area (Å²) in [5.41, 5.74) is 1.40. The van der Waals surface area contributed by atoms with Crippen molar-refractivity contribution in [2.75, 3.05) is 19.7 Å². The van der Waals surface area contributed by atoms with Crippen molar-refractivity contribution in [2.24, 2.45) is 5.41 Å². The summed E-state index contributed by atoms with van der Waals surface area (Å²) in [7, 11) is 0. The Kier molecular flexibility index (Phi) is 5.33. The van der Waals surface area contributed by atoms with Crippen LogP contribution in [0, 0.1) is 5.41 Å². The lowest BCUT2D eigenvalue weighted by Gasteiger charge is -2.45. The van der Waals surface area contributed by atoms with Gasteiger partial charge >= 0.3 is 0 Å². The number of amides is 1. The van der Waals surface area contributed by atoms with Gasteiger partial charge in [-0.05, 0) is 40.8 Å². The van der Waals surface area contributed by atoms with Crippen LogP contribution in [0.25, 0.3) is 0 Å². The van der Waals surface area contributed by atoms with Gasteiger partial charge in [-0.25, -0.2) is 0 Å². The average molecular weight is 345 g/mol. The minimum atomic E-state index is -0.691. The van der Waals surface area contributed by atoms with Gasteiger partial charge in [-0.15, -0.1) is 0 Å². The lowest BCUT2D eigenvalue weighted by atomic mass is 9.73. The van der Waals surface area contributed by atoms with Crippen molar-refractivity contribution in [3.8, 4) is 0 Å². The average Bonchev–Trinajstić information content (AvgIpc) is 3.11. The molecule has 2 atom stereocenters. The molecule has 1 fully saturated rings. The molecule has 1 aromatic carbocycles. The zero-order valence-corrected chi connectivity index (χ0v) is 14.4. The van der Waals surface area contributed by atoms with Gasteiger partial charge in [0, 0.05) is 18.5 Å². The van der Waals surface area contributed by atoms with E-state index in [9.17, 15) is 15.0 Å². The van der Waals surface area contributed by atoms with Crippen molar-refractivity contribution < 1.29 is 15.0 Å².